The molecule has 0 atom stereocenters. The van der Waals surface area contributed by atoms with Crippen molar-refractivity contribution in [2.45, 2.75) is 52.1 Å². The van der Waals surface area contributed by atoms with Gasteiger partial charge in [0, 0.05) is 31.7 Å². The molecule has 0 aromatic carbocycles. The molecule has 0 amide bonds. The summed E-state index contributed by atoms with van der Waals surface area (Å²) in [5.41, 5.74) is 0.970. The Bertz CT molecular complexity index is 461. The molecular weight excluding hydrogens is 252 g/mol. The molecule has 0 spiro atoms. The van der Waals surface area contributed by atoms with Crippen LogP contribution in [0.25, 0.3) is 0 Å². The number of aromatic nitrogens is 2. The standard InChI is InChI=1S/C15H26N4O/c1-3-13(4-2)16-7-10-19-15(20)11-14(12-17-19)18-8-5-6-9-18/h11-13,16H,3-10H2,1-2H3. The summed E-state index contributed by atoms with van der Waals surface area (Å²) in [7, 11) is 0. The molecule has 0 bridgehead atoms. The fourth-order valence-corrected chi connectivity index (χ4v) is 2.69. The van der Waals surface area contributed by atoms with E-state index < -0.39 is 0 Å². The first-order valence-corrected chi connectivity index (χ1v) is 7.80. The average molecular weight is 278 g/mol. The van der Waals surface area contributed by atoms with Crippen LogP contribution in [0.15, 0.2) is 17.1 Å². The van der Waals surface area contributed by atoms with E-state index in [0.29, 0.717) is 12.6 Å². The van der Waals surface area contributed by atoms with Crippen molar-refractivity contribution < 1.29 is 0 Å². The highest BCUT2D eigenvalue weighted by atomic mass is 16.1. The number of nitrogens with one attached hydrogen (secondary N) is 1. The van der Waals surface area contributed by atoms with Crippen molar-refractivity contribution >= 4 is 5.69 Å². The first-order chi connectivity index (χ1) is 9.74. The van der Waals surface area contributed by atoms with Crippen molar-refractivity contribution in [3.05, 3.63) is 22.6 Å². The van der Waals surface area contributed by atoms with E-state index >= 15 is 0 Å². The summed E-state index contributed by atoms with van der Waals surface area (Å²) in [5.74, 6) is 0. The summed E-state index contributed by atoms with van der Waals surface area (Å²) in [6.07, 6.45) is 6.48. The Morgan fingerprint density at radius 2 is 2.00 bits per heavy atom. The zero-order valence-corrected chi connectivity index (χ0v) is 12.6. The summed E-state index contributed by atoms with van der Waals surface area (Å²) in [6.45, 7) is 7.87. The molecule has 1 aromatic heterocycles. The Morgan fingerprint density at radius 1 is 1.30 bits per heavy atom. The molecule has 1 saturated heterocycles. The van der Waals surface area contributed by atoms with Crippen LogP contribution in [-0.4, -0.2) is 35.5 Å². The number of hydrogen-bond donors (Lipinski definition) is 1. The van der Waals surface area contributed by atoms with Crippen LogP contribution in [0.5, 0.6) is 0 Å². The Morgan fingerprint density at radius 3 is 2.60 bits per heavy atom. The molecule has 5 heteroatoms. The van der Waals surface area contributed by atoms with Gasteiger partial charge >= 0.3 is 0 Å². The Balaban J connectivity index is 1.91. The number of anilines is 1. The SMILES string of the molecule is CCC(CC)NCCn1ncc(N2CCCC2)cc1=O. The van der Waals surface area contributed by atoms with Crippen LogP contribution >= 0.6 is 0 Å². The molecule has 1 fully saturated rings. The van der Waals surface area contributed by atoms with E-state index in [1.165, 1.54) is 12.8 Å². The van der Waals surface area contributed by atoms with Gasteiger partial charge in [0.1, 0.15) is 0 Å². The van der Waals surface area contributed by atoms with Crippen LogP contribution in [-0.2, 0) is 6.54 Å². The van der Waals surface area contributed by atoms with Gasteiger partial charge in [-0.25, -0.2) is 4.68 Å². The van der Waals surface area contributed by atoms with Gasteiger partial charge in [0.05, 0.1) is 18.4 Å². The zero-order chi connectivity index (χ0) is 14.4. The second-order valence-corrected chi connectivity index (χ2v) is 5.44. The van der Waals surface area contributed by atoms with Crippen LogP contribution < -0.4 is 15.8 Å². The molecule has 20 heavy (non-hydrogen) atoms. The number of hydrogen-bond acceptors (Lipinski definition) is 4. The Kier molecular flexibility index (Phi) is 5.59. The molecule has 0 aliphatic carbocycles. The molecule has 2 heterocycles. The van der Waals surface area contributed by atoms with Crippen molar-refractivity contribution in [3.8, 4) is 0 Å². The molecule has 5 nitrogen and oxygen atoms in total. The van der Waals surface area contributed by atoms with E-state index in [0.717, 1.165) is 38.2 Å². The topological polar surface area (TPSA) is 50.2 Å². The fourth-order valence-electron chi connectivity index (χ4n) is 2.69. The van der Waals surface area contributed by atoms with Crippen LogP contribution in [0.4, 0.5) is 5.69 Å². The smallest absolute Gasteiger partial charge is 0.268 e. The molecule has 0 unspecified atom stereocenters. The van der Waals surface area contributed by atoms with Crippen LogP contribution in [0.3, 0.4) is 0 Å². The van der Waals surface area contributed by atoms with Crippen LogP contribution in [0, 0.1) is 0 Å². The second kappa shape index (κ2) is 7.43. The first-order valence-electron chi connectivity index (χ1n) is 7.80. The second-order valence-electron chi connectivity index (χ2n) is 5.44. The highest BCUT2D eigenvalue weighted by Gasteiger charge is 2.13. The van der Waals surface area contributed by atoms with Gasteiger partial charge in [-0.1, -0.05) is 13.8 Å². The molecule has 1 aliphatic heterocycles. The van der Waals surface area contributed by atoms with E-state index in [1.807, 2.05) is 6.20 Å². The van der Waals surface area contributed by atoms with Gasteiger partial charge < -0.3 is 10.2 Å². The Labute approximate surface area is 121 Å². The van der Waals surface area contributed by atoms with Crippen molar-refractivity contribution in [2.75, 3.05) is 24.5 Å². The van der Waals surface area contributed by atoms with Crippen molar-refractivity contribution in [2.24, 2.45) is 0 Å². The molecular formula is C15H26N4O. The summed E-state index contributed by atoms with van der Waals surface area (Å²) >= 11 is 0. The van der Waals surface area contributed by atoms with E-state index in [9.17, 15) is 4.79 Å². The summed E-state index contributed by atoms with van der Waals surface area (Å²) < 4.78 is 1.55. The highest BCUT2D eigenvalue weighted by Crippen LogP contribution is 2.16. The molecule has 1 aliphatic rings. The van der Waals surface area contributed by atoms with Crippen LogP contribution in [0.2, 0.25) is 0 Å². The third-order valence-corrected chi connectivity index (χ3v) is 4.07. The molecule has 1 N–H and O–H groups in total. The maximum absolute atomic E-state index is 12.1. The summed E-state index contributed by atoms with van der Waals surface area (Å²) in [6, 6.07) is 2.25. The minimum absolute atomic E-state index is 0.000692. The largest absolute Gasteiger partial charge is 0.370 e. The quantitative estimate of drug-likeness (QED) is 0.823. The van der Waals surface area contributed by atoms with Gasteiger partial charge in [0.25, 0.3) is 5.56 Å². The average Bonchev–Trinajstić information content (AvgIpc) is 2.99. The predicted molar refractivity (Wildman–Crippen MR) is 82.3 cm³/mol. The monoisotopic (exact) mass is 278 g/mol. The molecule has 0 radical (unpaired) electrons. The molecule has 112 valence electrons. The maximum atomic E-state index is 12.1. The molecule has 0 saturated carbocycles. The lowest BCUT2D eigenvalue weighted by atomic mass is 10.2. The van der Waals surface area contributed by atoms with Gasteiger partial charge in [0.2, 0.25) is 0 Å². The van der Waals surface area contributed by atoms with E-state index in [1.54, 1.807) is 10.7 Å². The van der Waals surface area contributed by atoms with Gasteiger partial charge in [-0.05, 0) is 25.7 Å². The Hall–Kier alpha value is -1.36. The van der Waals surface area contributed by atoms with Crippen LogP contribution in [0.1, 0.15) is 39.5 Å². The van der Waals surface area contributed by atoms with Crippen molar-refractivity contribution in [1.82, 2.24) is 15.1 Å². The zero-order valence-electron chi connectivity index (χ0n) is 12.6. The summed E-state index contributed by atoms with van der Waals surface area (Å²) in [4.78, 5) is 14.3. The predicted octanol–water partition coefficient (Wildman–Crippen LogP) is 1.62. The highest BCUT2D eigenvalue weighted by molar-refractivity contribution is 5.43. The number of rotatable bonds is 7. The van der Waals surface area contributed by atoms with E-state index in [4.69, 9.17) is 0 Å². The third-order valence-electron chi connectivity index (χ3n) is 4.07. The first kappa shape index (κ1) is 15.0. The van der Waals surface area contributed by atoms with Gasteiger partial charge in [-0.2, -0.15) is 5.10 Å². The lowest BCUT2D eigenvalue weighted by molar-refractivity contribution is 0.447. The van der Waals surface area contributed by atoms with E-state index in [2.05, 4.69) is 29.2 Å². The van der Waals surface area contributed by atoms with Crippen molar-refractivity contribution in [3.63, 3.8) is 0 Å². The van der Waals surface area contributed by atoms with Crippen molar-refractivity contribution in [1.29, 1.82) is 0 Å². The lowest BCUT2D eigenvalue weighted by Crippen LogP contribution is -2.34. The fraction of sp³-hybridized carbons (Fsp3) is 0.733. The normalized spacial score (nSPS) is 15.2. The summed E-state index contributed by atoms with van der Waals surface area (Å²) in [5, 5.41) is 7.75. The number of nitrogens with zero attached hydrogens (tertiary/aromatic N) is 3. The minimum atomic E-state index is 0.000692. The van der Waals surface area contributed by atoms with Gasteiger partial charge in [0.15, 0.2) is 0 Å². The molecule has 2 rings (SSSR count). The lowest BCUT2D eigenvalue weighted by Gasteiger charge is -2.18. The van der Waals surface area contributed by atoms with Gasteiger partial charge in [-0.15, -0.1) is 0 Å². The van der Waals surface area contributed by atoms with Gasteiger partial charge in [-0.3, -0.25) is 4.79 Å². The molecule has 1 aromatic rings. The minimum Gasteiger partial charge on any atom is -0.370 e. The third kappa shape index (κ3) is 3.82. The van der Waals surface area contributed by atoms with E-state index in [-0.39, 0.29) is 5.56 Å². The maximum Gasteiger partial charge on any atom is 0.268 e.